The summed E-state index contributed by atoms with van der Waals surface area (Å²) in [6.45, 7) is 6.89. The molecule has 0 radical (unpaired) electrons. The van der Waals surface area contributed by atoms with Crippen LogP contribution in [-0.2, 0) is 6.61 Å². The SMILES string of the molecule is CCC(C)c1nc2c3cnccc3c3cc(-c4ccc5c(c4)OCc4[nH]c(C)nc4-5)ccc3c2[nH]1. The van der Waals surface area contributed by atoms with Crippen molar-refractivity contribution in [2.45, 2.75) is 39.7 Å². The summed E-state index contributed by atoms with van der Waals surface area (Å²) >= 11 is 0. The Labute approximate surface area is 202 Å². The molecule has 6 aromatic rings. The van der Waals surface area contributed by atoms with E-state index in [-0.39, 0.29) is 0 Å². The lowest BCUT2D eigenvalue weighted by atomic mass is 9.95. The van der Waals surface area contributed by atoms with Gasteiger partial charge in [-0.1, -0.05) is 32.0 Å². The van der Waals surface area contributed by atoms with Gasteiger partial charge in [0, 0.05) is 34.6 Å². The molecule has 3 aromatic heterocycles. The maximum Gasteiger partial charge on any atom is 0.130 e. The fraction of sp³-hybridized carbons (Fsp3) is 0.207. The minimum atomic E-state index is 0.373. The Morgan fingerprint density at radius 3 is 2.69 bits per heavy atom. The number of aryl methyl sites for hydroxylation is 1. The molecule has 6 heteroatoms. The van der Waals surface area contributed by atoms with Crippen molar-refractivity contribution in [1.82, 2.24) is 24.9 Å². The van der Waals surface area contributed by atoms with E-state index >= 15 is 0 Å². The number of pyridine rings is 1. The lowest BCUT2D eigenvalue weighted by Gasteiger charge is -2.18. The van der Waals surface area contributed by atoms with Crippen LogP contribution in [0.1, 0.15) is 43.5 Å². The number of aromatic amines is 2. The van der Waals surface area contributed by atoms with Gasteiger partial charge >= 0.3 is 0 Å². The molecule has 1 aliphatic heterocycles. The zero-order valence-electron chi connectivity index (χ0n) is 19.9. The largest absolute Gasteiger partial charge is 0.487 e. The Morgan fingerprint density at radius 1 is 0.943 bits per heavy atom. The molecule has 35 heavy (non-hydrogen) atoms. The Balaban J connectivity index is 1.43. The summed E-state index contributed by atoms with van der Waals surface area (Å²) in [5.41, 5.74) is 7.41. The molecule has 0 amide bonds. The number of rotatable bonds is 3. The van der Waals surface area contributed by atoms with Crippen molar-refractivity contribution in [3.63, 3.8) is 0 Å². The van der Waals surface area contributed by atoms with Gasteiger partial charge in [-0.25, -0.2) is 9.97 Å². The molecule has 0 fully saturated rings. The molecule has 1 unspecified atom stereocenters. The van der Waals surface area contributed by atoms with Gasteiger partial charge in [0.15, 0.2) is 0 Å². The zero-order chi connectivity index (χ0) is 23.7. The Kier molecular flexibility index (Phi) is 4.27. The maximum atomic E-state index is 6.08. The summed E-state index contributed by atoms with van der Waals surface area (Å²) < 4.78 is 6.08. The third kappa shape index (κ3) is 2.99. The standard InChI is InChI=1S/C29H25N5O/c1-4-15(2)29-33-27-20-7-5-17(11-22(20)19-9-10-30-13-23(19)28(27)34-29)18-6-8-21-25(12-18)35-14-24-26(21)32-16(3)31-24/h5-13,15H,4,14H2,1-3H3,(H,31,32)(H,33,34). The van der Waals surface area contributed by atoms with Crippen LogP contribution in [0.2, 0.25) is 0 Å². The summed E-state index contributed by atoms with van der Waals surface area (Å²) in [7, 11) is 0. The normalized spacial score (nSPS) is 13.7. The van der Waals surface area contributed by atoms with Crippen LogP contribution in [0, 0.1) is 6.92 Å². The van der Waals surface area contributed by atoms with E-state index < -0.39 is 0 Å². The molecule has 172 valence electrons. The van der Waals surface area contributed by atoms with Gasteiger partial charge in [0.1, 0.15) is 24.0 Å². The van der Waals surface area contributed by atoms with Gasteiger partial charge in [-0.2, -0.15) is 0 Å². The van der Waals surface area contributed by atoms with Crippen LogP contribution >= 0.6 is 0 Å². The van der Waals surface area contributed by atoms with E-state index in [1.54, 1.807) is 0 Å². The van der Waals surface area contributed by atoms with Crippen molar-refractivity contribution in [1.29, 1.82) is 0 Å². The number of ether oxygens (including phenoxy) is 1. The molecule has 7 rings (SSSR count). The molecular formula is C29H25N5O. The lowest BCUT2D eigenvalue weighted by molar-refractivity contribution is 0.298. The molecular weight excluding hydrogens is 434 g/mol. The number of aromatic nitrogens is 5. The number of nitrogens with one attached hydrogen (secondary N) is 2. The van der Waals surface area contributed by atoms with E-state index in [2.05, 4.69) is 76.2 Å². The summed E-state index contributed by atoms with van der Waals surface area (Å²) in [5.74, 6) is 3.19. The molecule has 0 bridgehead atoms. The van der Waals surface area contributed by atoms with Gasteiger partial charge in [0.25, 0.3) is 0 Å². The van der Waals surface area contributed by atoms with Crippen LogP contribution in [0.4, 0.5) is 0 Å². The average molecular weight is 460 g/mol. The monoisotopic (exact) mass is 459 g/mol. The minimum absolute atomic E-state index is 0.373. The highest BCUT2D eigenvalue weighted by molar-refractivity contribution is 6.23. The number of nitrogens with zero attached hydrogens (tertiary/aromatic N) is 3. The molecule has 1 atom stereocenters. The highest BCUT2D eigenvalue weighted by Crippen LogP contribution is 2.41. The predicted molar refractivity (Wildman–Crippen MR) is 140 cm³/mol. The first-order chi connectivity index (χ1) is 17.1. The zero-order valence-corrected chi connectivity index (χ0v) is 19.9. The Bertz CT molecular complexity index is 1780. The smallest absolute Gasteiger partial charge is 0.130 e. The van der Waals surface area contributed by atoms with Gasteiger partial charge in [0.05, 0.1) is 22.4 Å². The molecule has 0 saturated heterocycles. The summed E-state index contributed by atoms with van der Waals surface area (Å²) in [4.78, 5) is 21.0. The van der Waals surface area contributed by atoms with E-state index in [9.17, 15) is 0 Å². The van der Waals surface area contributed by atoms with Gasteiger partial charge in [-0.05, 0) is 59.5 Å². The van der Waals surface area contributed by atoms with E-state index in [1.807, 2.05) is 19.3 Å². The van der Waals surface area contributed by atoms with E-state index in [0.717, 1.165) is 73.7 Å². The van der Waals surface area contributed by atoms with Crippen molar-refractivity contribution in [3.8, 4) is 28.1 Å². The summed E-state index contributed by atoms with van der Waals surface area (Å²) in [6, 6.07) is 15.2. The molecule has 0 aliphatic carbocycles. The molecule has 6 nitrogen and oxygen atoms in total. The van der Waals surface area contributed by atoms with Crippen LogP contribution < -0.4 is 4.74 Å². The van der Waals surface area contributed by atoms with Crippen molar-refractivity contribution < 1.29 is 4.74 Å². The van der Waals surface area contributed by atoms with Crippen LogP contribution in [0.25, 0.3) is 55.0 Å². The van der Waals surface area contributed by atoms with Crippen molar-refractivity contribution >= 4 is 32.6 Å². The molecule has 0 spiro atoms. The number of hydrogen-bond acceptors (Lipinski definition) is 4. The Morgan fingerprint density at radius 2 is 1.80 bits per heavy atom. The van der Waals surface area contributed by atoms with Crippen molar-refractivity contribution in [2.75, 3.05) is 0 Å². The number of H-pyrrole nitrogens is 2. The van der Waals surface area contributed by atoms with Gasteiger partial charge in [0.2, 0.25) is 0 Å². The van der Waals surface area contributed by atoms with Crippen molar-refractivity contribution in [2.24, 2.45) is 0 Å². The number of fused-ring (bicyclic) bond motifs is 9. The second-order valence-corrected chi connectivity index (χ2v) is 9.49. The lowest BCUT2D eigenvalue weighted by Crippen LogP contribution is -2.05. The summed E-state index contributed by atoms with van der Waals surface area (Å²) in [6.07, 6.45) is 4.83. The topological polar surface area (TPSA) is 79.5 Å². The average Bonchev–Trinajstić information content (AvgIpc) is 3.51. The summed E-state index contributed by atoms with van der Waals surface area (Å²) in [5, 5.41) is 4.61. The number of hydrogen-bond donors (Lipinski definition) is 2. The second kappa shape index (κ2) is 7.40. The van der Waals surface area contributed by atoms with Gasteiger partial charge < -0.3 is 14.7 Å². The molecule has 4 heterocycles. The maximum absolute atomic E-state index is 6.08. The van der Waals surface area contributed by atoms with E-state index in [0.29, 0.717) is 12.5 Å². The van der Waals surface area contributed by atoms with Crippen molar-refractivity contribution in [3.05, 3.63) is 72.2 Å². The third-order valence-corrected chi connectivity index (χ3v) is 7.30. The fourth-order valence-electron chi connectivity index (χ4n) is 5.23. The predicted octanol–water partition coefficient (Wildman–Crippen LogP) is 7.04. The molecule has 0 saturated carbocycles. The minimum Gasteiger partial charge on any atom is -0.487 e. The highest BCUT2D eigenvalue weighted by Gasteiger charge is 2.22. The highest BCUT2D eigenvalue weighted by atomic mass is 16.5. The molecule has 1 aliphatic rings. The van der Waals surface area contributed by atoms with Gasteiger partial charge in [-0.15, -0.1) is 0 Å². The number of benzene rings is 3. The first kappa shape index (κ1) is 20.2. The van der Waals surface area contributed by atoms with Crippen LogP contribution in [-0.4, -0.2) is 24.9 Å². The van der Waals surface area contributed by atoms with Crippen LogP contribution in [0.5, 0.6) is 5.75 Å². The van der Waals surface area contributed by atoms with Crippen LogP contribution in [0.15, 0.2) is 54.9 Å². The third-order valence-electron chi connectivity index (χ3n) is 7.30. The van der Waals surface area contributed by atoms with E-state index in [4.69, 9.17) is 9.72 Å². The fourth-order valence-corrected chi connectivity index (χ4v) is 5.23. The van der Waals surface area contributed by atoms with E-state index in [1.165, 1.54) is 10.8 Å². The second-order valence-electron chi connectivity index (χ2n) is 9.49. The number of imidazole rings is 2. The first-order valence-electron chi connectivity index (χ1n) is 12.1. The first-order valence-corrected chi connectivity index (χ1v) is 12.1. The quantitative estimate of drug-likeness (QED) is 0.278. The Hall–Kier alpha value is -4.19. The molecule has 3 aromatic carbocycles. The van der Waals surface area contributed by atoms with Crippen LogP contribution in [0.3, 0.4) is 0 Å². The molecule has 2 N–H and O–H groups in total. The van der Waals surface area contributed by atoms with Gasteiger partial charge in [-0.3, -0.25) is 4.98 Å².